The Morgan fingerprint density at radius 3 is 2.86 bits per heavy atom. The van der Waals surface area contributed by atoms with Crippen molar-refractivity contribution in [2.45, 2.75) is 25.8 Å². The van der Waals surface area contributed by atoms with Crippen molar-refractivity contribution < 1.29 is 4.79 Å². The summed E-state index contributed by atoms with van der Waals surface area (Å²) >= 11 is 0. The average Bonchev–Trinajstić information content (AvgIpc) is 2.48. The van der Waals surface area contributed by atoms with E-state index in [1.807, 2.05) is 24.3 Å². The highest BCUT2D eigenvalue weighted by Crippen LogP contribution is 2.36. The molecule has 1 aromatic heterocycles. The van der Waals surface area contributed by atoms with Gasteiger partial charge in [-0.3, -0.25) is 9.78 Å². The van der Waals surface area contributed by atoms with Gasteiger partial charge in [0, 0.05) is 18.0 Å². The topological polar surface area (TPSA) is 85.2 Å². The number of piperidine rings is 1. The highest BCUT2D eigenvalue weighted by Gasteiger charge is 2.30. The minimum Gasteiger partial charge on any atom is -0.396 e. The van der Waals surface area contributed by atoms with Crippen molar-refractivity contribution in [2.24, 2.45) is 11.7 Å². The number of nitrogens with zero attached hydrogens (tertiary/aromatic N) is 2. The summed E-state index contributed by atoms with van der Waals surface area (Å²) in [5.41, 5.74) is 14.2. The third kappa shape index (κ3) is 2.39. The number of carbonyl (C=O) groups excluding carboxylic acids is 1. The van der Waals surface area contributed by atoms with E-state index in [0.717, 1.165) is 29.4 Å². The number of fused-ring (bicyclic) bond motifs is 1. The summed E-state index contributed by atoms with van der Waals surface area (Å²) in [5.74, 6) is -0.351. The Bertz CT molecular complexity index is 685. The second kappa shape index (κ2) is 5.24. The minimum atomic E-state index is -0.233. The molecule has 1 aliphatic heterocycles. The van der Waals surface area contributed by atoms with Gasteiger partial charge in [0.2, 0.25) is 5.91 Å². The molecular weight excluding hydrogens is 264 g/mol. The number of hydrogen-bond donors (Lipinski definition) is 2. The molecular formula is C16H20N4O. The van der Waals surface area contributed by atoms with Crippen molar-refractivity contribution in [1.29, 1.82) is 0 Å². The van der Waals surface area contributed by atoms with E-state index in [9.17, 15) is 4.79 Å². The van der Waals surface area contributed by atoms with Gasteiger partial charge < -0.3 is 16.4 Å². The van der Waals surface area contributed by atoms with Crippen molar-refractivity contribution in [3.05, 3.63) is 30.5 Å². The first-order valence-electron chi connectivity index (χ1n) is 7.27. The first-order chi connectivity index (χ1) is 10.1. The van der Waals surface area contributed by atoms with Crippen molar-refractivity contribution in [3.8, 4) is 0 Å². The lowest BCUT2D eigenvalue weighted by atomic mass is 9.92. The van der Waals surface area contributed by atoms with E-state index in [1.54, 1.807) is 6.20 Å². The van der Waals surface area contributed by atoms with Crippen LogP contribution in [0.4, 0.5) is 11.4 Å². The summed E-state index contributed by atoms with van der Waals surface area (Å²) in [4.78, 5) is 18.1. The van der Waals surface area contributed by atoms with Crippen LogP contribution >= 0.6 is 0 Å². The number of aromatic nitrogens is 1. The van der Waals surface area contributed by atoms with E-state index in [4.69, 9.17) is 11.5 Å². The van der Waals surface area contributed by atoms with Gasteiger partial charge in [-0.15, -0.1) is 0 Å². The van der Waals surface area contributed by atoms with Crippen LogP contribution in [0.25, 0.3) is 10.9 Å². The maximum Gasteiger partial charge on any atom is 0.222 e. The third-order valence-electron chi connectivity index (χ3n) is 4.35. The second-order valence-electron chi connectivity index (χ2n) is 5.76. The fourth-order valence-corrected chi connectivity index (χ4v) is 3.11. The number of nitrogen functional groups attached to an aromatic ring is 1. The van der Waals surface area contributed by atoms with E-state index in [0.29, 0.717) is 18.3 Å². The molecule has 2 atom stereocenters. The Morgan fingerprint density at radius 1 is 1.33 bits per heavy atom. The number of benzene rings is 1. The molecule has 5 nitrogen and oxygen atoms in total. The van der Waals surface area contributed by atoms with E-state index in [1.165, 1.54) is 0 Å². The molecule has 5 heteroatoms. The van der Waals surface area contributed by atoms with E-state index in [-0.39, 0.29) is 11.8 Å². The molecule has 0 radical (unpaired) electrons. The minimum absolute atomic E-state index is 0.118. The summed E-state index contributed by atoms with van der Waals surface area (Å²) in [7, 11) is 0. The number of rotatable bonds is 2. The summed E-state index contributed by atoms with van der Waals surface area (Å²) in [5, 5.41) is 1.02. The third-order valence-corrected chi connectivity index (χ3v) is 4.35. The number of para-hydroxylation sites is 1. The van der Waals surface area contributed by atoms with Gasteiger partial charge in [-0.05, 0) is 25.8 Å². The molecule has 4 N–H and O–H groups in total. The number of hydrogen-bond acceptors (Lipinski definition) is 4. The fraction of sp³-hybridized carbons (Fsp3) is 0.375. The molecule has 0 saturated carbocycles. The number of anilines is 2. The Hall–Kier alpha value is -2.30. The van der Waals surface area contributed by atoms with Crippen LogP contribution in [-0.4, -0.2) is 23.5 Å². The van der Waals surface area contributed by atoms with Gasteiger partial charge in [0.05, 0.1) is 29.0 Å². The van der Waals surface area contributed by atoms with Crippen LogP contribution in [0.15, 0.2) is 30.5 Å². The van der Waals surface area contributed by atoms with Gasteiger partial charge in [0.25, 0.3) is 0 Å². The van der Waals surface area contributed by atoms with Gasteiger partial charge in [-0.25, -0.2) is 0 Å². The molecule has 1 aliphatic rings. The number of nitrogens with two attached hydrogens (primary N) is 2. The summed E-state index contributed by atoms with van der Waals surface area (Å²) in [6, 6.07) is 8.26. The molecule has 3 rings (SSSR count). The predicted molar refractivity (Wildman–Crippen MR) is 84.9 cm³/mol. The van der Waals surface area contributed by atoms with Crippen LogP contribution in [0.2, 0.25) is 0 Å². The number of carbonyl (C=O) groups is 1. The van der Waals surface area contributed by atoms with Gasteiger partial charge >= 0.3 is 0 Å². The van der Waals surface area contributed by atoms with Crippen molar-refractivity contribution in [1.82, 2.24) is 4.98 Å². The molecule has 0 aliphatic carbocycles. The van der Waals surface area contributed by atoms with Gasteiger partial charge in [0.15, 0.2) is 0 Å². The lowest BCUT2D eigenvalue weighted by molar-refractivity contribution is -0.122. The van der Waals surface area contributed by atoms with Crippen LogP contribution in [0.1, 0.15) is 19.8 Å². The first-order valence-corrected chi connectivity index (χ1v) is 7.27. The SMILES string of the molecule is CC1CCC(C(N)=O)CN1c1c(N)cnc2ccccc12. The maximum atomic E-state index is 11.5. The summed E-state index contributed by atoms with van der Waals surface area (Å²) < 4.78 is 0. The quantitative estimate of drug-likeness (QED) is 0.882. The highest BCUT2D eigenvalue weighted by atomic mass is 16.1. The van der Waals surface area contributed by atoms with E-state index in [2.05, 4.69) is 16.8 Å². The van der Waals surface area contributed by atoms with Crippen molar-refractivity contribution in [3.63, 3.8) is 0 Å². The zero-order chi connectivity index (χ0) is 15.0. The van der Waals surface area contributed by atoms with Gasteiger partial charge in [0.1, 0.15) is 0 Å². The molecule has 2 unspecified atom stereocenters. The maximum absolute atomic E-state index is 11.5. The van der Waals surface area contributed by atoms with Crippen LogP contribution in [0.3, 0.4) is 0 Å². The Balaban J connectivity index is 2.09. The van der Waals surface area contributed by atoms with Crippen LogP contribution < -0.4 is 16.4 Å². The first kappa shape index (κ1) is 13.7. The van der Waals surface area contributed by atoms with Gasteiger partial charge in [-0.2, -0.15) is 0 Å². The van der Waals surface area contributed by atoms with Crippen LogP contribution in [0, 0.1) is 5.92 Å². The second-order valence-corrected chi connectivity index (χ2v) is 5.76. The van der Waals surface area contributed by atoms with Crippen LogP contribution in [-0.2, 0) is 4.79 Å². The Labute approximate surface area is 123 Å². The smallest absolute Gasteiger partial charge is 0.222 e. The molecule has 0 spiro atoms. The molecule has 2 aromatic rings. The molecule has 1 aromatic carbocycles. The molecule has 110 valence electrons. The molecule has 0 bridgehead atoms. The van der Waals surface area contributed by atoms with Gasteiger partial charge in [-0.1, -0.05) is 18.2 Å². The molecule has 2 heterocycles. The highest BCUT2D eigenvalue weighted by molar-refractivity contribution is 5.97. The van der Waals surface area contributed by atoms with Crippen molar-refractivity contribution in [2.75, 3.05) is 17.2 Å². The zero-order valence-electron chi connectivity index (χ0n) is 12.1. The standard InChI is InChI=1S/C16H20N4O/c1-10-6-7-11(16(18)21)9-20(10)15-12-4-2-3-5-14(12)19-8-13(15)17/h2-5,8,10-11H,6-7,9,17H2,1H3,(H2,18,21). The molecule has 1 amide bonds. The fourth-order valence-electron chi connectivity index (χ4n) is 3.11. The largest absolute Gasteiger partial charge is 0.396 e. The number of pyridine rings is 1. The number of primary amides is 1. The molecule has 1 saturated heterocycles. The zero-order valence-corrected chi connectivity index (χ0v) is 12.1. The van der Waals surface area contributed by atoms with E-state index < -0.39 is 0 Å². The predicted octanol–water partition coefficient (Wildman–Crippen LogP) is 1.91. The monoisotopic (exact) mass is 284 g/mol. The van der Waals surface area contributed by atoms with Crippen LogP contribution in [0.5, 0.6) is 0 Å². The normalized spacial score (nSPS) is 22.4. The number of amides is 1. The molecule has 21 heavy (non-hydrogen) atoms. The molecule has 1 fully saturated rings. The lowest BCUT2D eigenvalue weighted by Gasteiger charge is -2.39. The van der Waals surface area contributed by atoms with E-state index >= 15 is 0 Å². The Morgan fingerprint density at radius 2 is 2.10 bits per heavy atom. The summed E-state index contributed by atoms with van der Waals surface area (Å²) in [6.45, 7) is 2.78. The Kier molecular flexibility index (Phi) is 3.41. The lowest BCUT2D eigenvalue weighted by Crippen LogP contribution is -2.46. The van der Waals surface area contributed by atoms with Crippen molar-refractivity contribution >= 4 is 28.2 Å². The summed E-state index contributed by atoms with van der Waals surface area (Å²) in [6.07, 6.45) is 3.47. The average molecular weight is 284 g/mol.